The minimum absolute atomic E-state index is 0.337. The van der Waals surface area contributed by atoms with Gasteiger partial charge in [0.25, 0.3) is 0 Å². The summed E-state index contributed by atoms with van der Waals surface area (Å²) in [5.74, 6) is 0.738. The van der Waals surface area contributed by atoms with Crippen LogP contribution in [0.1, 0.15) is 11.1 Å². The number of nitrogens with two attached hydrogens (primary N) is 1. The third-order valence-corrected chi connectivity index (χ3v) is 3.30. The van der Waals surface area contributed by atoms with Crippen molar-refractivity contribution in [1.82, 2.24) is 0 Å². The lowest BCUT2D eigenvalue weighted by Gasteiger charge is -2.15. The molecule has 0 unspecified atom stereocenters. The van der Waals surface area contributed by atoms with Crippen LogP contribution in [0.5, 0.6) is 5.75 Å². The molecule has 3 N–H and O–H groups in total. The van der Waals surface area contributed by atoms with Gasteiger partial charge in [-0.3, -0.25) is 0 Å². The fraction of sp³-hybridized carbons (Fsp3) is 0.188. The van der Waals surface area contributed by atoms with E-state index in [9.17, 15) is 0 Å². The van der Waals surface area contributed by atoms with Crippen LogP contribution < -0.4 is 15.8 Å². The van der Waals surface area contributed by atoms with Crippen molar-refractivity contribution in [1.29, 1.82) is 0 Å². The van der Waals surface area contributed by atoms with Crippen molar-refractivity contribution in [3.8, 4) is 5.75 Å². The van der Waals surface area contributed by atoms with Crippen molar-refractivity contribution >= 4 is 28.6 Å². The quantitative estimate of drug-likeness (QED) is 0.802. The summed E-state index contributed by atoms with van der Waals surface area (Å²) in [5, 5.41) is 3.35. The summed E-state index contributed by atoms with van der Waals surface area (Å²) < 4.78 is 10.5. The predicted molar refractivity (Wildman–Crippen MR) is 89.3 cm³/mol. The Morgan fingerprint density at radius 1 is 1.14 bits per heavy atom. The Labute approximate surface area is 129 Å². The molecule has 0 aliphatic carbocycles. The molecule has 0 saturated carbocycles. The number of nitrogens with one attached hydrogen (secondary N) is 1. The highest BCUT2D eigenvalue weighted by atomic mass is 32.1. The van der Waals surface area contributed by atoms with Gasteiger partial charge in [-0.15, -0.1) is 0 Å². The molecule has 0 saturated heterocycles. The third kappa shape index (κ3) is 3.71. The molecular formula is C16H18N2O2S. The van der Waals surface area contributed by atoms with Crippen LogP contribution in [0.4, 0.5) is 11.4 Å². The molecule has 0 bridgehead atoms. The van der Waals surface area contributed by atoms with Crippen LogP contribution >= 0.6 is 12.2 Å². The van der Waals surface area contributed by atoms with Gasteiger partial charge in [-0.25, -0.2) is 0 Å². The van der Waals surface area contributed by atoms with Gasteiger partial charge >= 0.3 is 0 Å². The van der Waals surface area contributed by atoms with Gasteiger partial charge in [0, 0.05) is 30.0 Å². The molecule has 110 valence electrons. The highest BCUT2D eigenvalue weighted by molar-refractivity contribution is 7.80. The minimum Gasteiger partial charge on any atom is -0.497 e. The van der Waals surface area contributed by atoms with Crippen molar-refractivity contribution in [3.63, 3.8) is 0 Å². The van der Waals surface area contributed by atoms with Crippen molar-refractivity contribution in [3.05, 3.63) is 53.6 Å². The smallest absolute Gasteiger partial charge is 0.120 e. The van der Waals surface area contributed by atoms with Gasteiger partial charge in [-0.1, -0.05) is 30.4 Å². The topological polar surface area (TPSA) is 56.5 Å². The van der Waals surface area contributed by atoms with Gasteiger partial charge in [0.1, 0.15) is 10.7 Å². The summed E-state index contributed by atoms with van der Waals surface area (Å²) in [6.45, 7) is 0.523. The fourth-order valence-electron chi connectivity index (χ4n) is 2.04. The fourth-order valence-corrected chi connectivity index (χ4v) is 2.22. The van der Waals surface area contributed by atoms with Crippen molar-refractivity contribution < 1.29 is 9.47 Å². The first-order valence-corrected chi connectivity index (χ1v) is 6.88. The normalized spacial score (nSPS) is 10.2. The maximum atomic E-state index is 5.78. The first-order chi connectivity index (χ1) is 10.2. The number of anilines is 2. The molecular weight excluding hydrogens is 284 g/mol. The maximum Gasteiger partial charge on any atom is 0.120 e. The molecule has 4 nitrogen and oxygen atoms in total. The molecule has 0 radical (unpaired) electrons. The van der Waals surface area contributed by atoms with E-state index in [2.05, 4.69) is 5.32 Å². The number of rotatable bonds is 6. The first kappa shape index (κ1) is 15.3. The molecule has 0 aliphatic rings. The van der Waals surface area contributed by atoms with Crippen LogP contribution in [-0.4, -0.2) is 19.2 Å². The van der Waals surface area contributed by atoms with E-state index in [1.165, 1.54) is 0 Å². The summed E-state index contributed by atoms with van der Waals surface area (Å²) in [5.41, 5.74) is 9.37. The number of hydrogen-bond acceptors (Lipinski definition) is 4. The molecule has 2 aromatic rings. The van der Waals surface area contributed by atoms with E-state index in [0.29, 0.717) is 11.6 Å². The lowest BCUT2D eigenvalue weighted by atomic mass is 10.1. The zero-order valence-electron chi connectivity index (χ0n) is 12.1. The second-order valence-corrected chi connectivity index (χ2v) is 4.93. The SMILES string of the molecule is COCc1ccccc1Nc1cc(OC)ccc1C(N)=S. The van der Waals surface area contributed by atoms with E-state index in [1.807, 2.05) is 42.5 Å². The van der Waals surface area contributed by atoms with Crippen molar-refractivity contribution in [2.75, 3.05) is 19.5 Å². The molecule has 0 amide bonds. The highest BCUT2D eigenvalue weighted by Crippen LogP contribution is 2.28. The molecule has 0 aromatic heterocycles. The van der Waals surface area contributed by atoms with Gasteiger partial charge in [-0.05, 0) is 18.2 Å². The van der Waals surface area contributed by atoms with Crippen molar-refractivity contribution in [2.45, 2.75) is 6.61 Å². The van der Waals surface area contributed by atoms with E-state index in [4.69, 9.17) is 27.4 Å². The molecule has 21 heavy (non-hydrogen) atoms. The third-order valence-electron chi connectivity index (χ3n) is 3.08. The summed E-state index contributed by atoms with van der Waals surface area (Å²) >= 11 is 5.10. The molecule has 0 fully saturated rings. The van der Waals surface area contributed by atoms with Crippen LogP contribution in [0.3, 0.4) is 0 Å². The summed E-state index contributed by atoms with van der Waals surface area (Å²) in [7, 11) is 3.29. The number of ether oxygens (including phenoxy) is 2. The number of benzene rings is 2. The van der Waals surface area contributed by atoms with Gasteiger partial charge in [0.15, 0.2) is 0 Å². The number of thiocarbonyl (C=S) groups is 1. The molecule has 0 atom stereocenters. The number of methoxy groups -OCH3 is 2. The second kappa shape index (κ2) is 7.06. The Kier molecular flexibility index (Phi) is 5.14. The average molecular weight is 302 g/mol. The van der Waals surface area contributed by atoms with Gasteiger partial charge in [0.05, 0.1) is 19.4 Å². The predicted octanol–water partition coefficient (Wildman–Crippen LogP) is 3.22. The van der Waals surface area contributed by atoms with Gasteiger partial charge in [-0.2, -0.15) is 0 Å². The lowest BCUT2D eigenvalue weighted by Crippen LogP contribution is -2.12. The van der Waals surface area contributed by atoms with Gasteiger partial charge in [0.2, 0.25) is 0 Å². The Hall–Kier alpha value is -2.11. The summed E-state index contributed by atoms with van der Waals surface area (Å²) in [6, 6.07) is 13.5. The Balaban J connectivity index is 2.40. The van der Waals surface area contributed by atoms with Crippen LogP contribution in [-0.2, 0) is 11.3 Å². The zero-order chi connectivity index (χ0) is 15.2. The van der Waals surface area contributed by atoms with Gasteiger partial charge < -0.3 is 20.5 Å². The number of hydrogen-bond donors (Lipinski definition) is 2. The second-order valence-electron chi connectivity index (χ2n) is 4.49. The maximum absolute atomic E-state index is 5.78. The van der Waals surface area contributed by atoms with Crippen LogP contribution in [0.15, 0.2) is 42.5 Å². The highest BCUT2D eigenvalue weighted by Gasteiger charge is 2.09. The van der Waals surface area contributed by atoms with Crippen LogP contribution in [0.2, 0.25) is 0 Å². The Morgan fingerprint density at radius 3 is 2.57 bits per heavy atom. The standard InChI is InChI=1S/C16H18N2O2S/c1-19-10-11-5-3-4-6-14(11)18-15-9-12(20-2)7-8-13(15)16(17)21/h3-9,18H,10H2,1-2H3,(H2,17,21). The molecule has 2 aromatic carbocycles. The first-order valence-electron chi connectivity index (χ1n) is 6.47. The van der Waals surface area contributed by atoms with Crippen LogP contribution in [0.25, 0.3) is 0 Å². The van der Waals surface area contributed by atoms with E-state index in [1.54, 1.807) is 14.2 Å². The molecule has 0 aliphatic heterocycles. The van der Waals surface area contributed by atoms with E-state index in [-0.39, 0.29) is 0 Å². The minimum atomic E-state index is 0.337. The average Bonchev–Trinajstić information content (AvgIpc) is 2.49. The molecule has 2 rings (SSSR count). The van der Waals surface area contributed by atoms with Crippen molar-refractivity contribution in [2.24, 2.45) is 5.73 Å². The monoisotopic (exact) mass is 302 g/mol. The Bertz CT molecular complexity index is 644. The van der Waals surface area contributed by atoms with Crippen LogP contribution in [0, 0.1) is 0 Å². The van der Waals surface area contributed by atoms with E-state index in [0.717, 1.165) is 28.3 Å². The molecule has 5 heteroatoms. The van der Waals surface area contributed by atoms with E-state index >= 15 is 0 Å². The molecule has 0 heterocycles. The zero-order valence-corrected chi connectivity index (χ0v) is 12.9. The lowest BCUT2D eigenvalue weighted by molar-refractivity contribution is 0.185. The number of para-hydroxylation sites is 1. The summed E-state index contributed by atoms with van der Waals surface area (Å²) in [6.07, 6.45) is 0. The largest absolute Gasteiger partial charge is 0.497 e. The Morgan fingerprint density at radius 2 is 1.90 bits per heavy atom. The summed E-state index contributed by atoms with van der Waals surface area (Å²) in [4.78, 5) is 0.337. The van der Waals surface area contributed by atoms with E-state index < -0.39 is 0 Å². The molecule has 0 spiro atoms.